The van der Waals surface area contributed by atoms with Gasteiger partial charge in [-0.2, -0.15) is 0 Å². The standard InChI is InChI=1S/C13H15ClO/c1-13(2,3)10-7-9-8(12(10)15)5-4-6-11(9)14/h4-6,10H,7H2,1-3H3. The third kappa shape index (κ3) is 1.69. The van der Waals surface area contributed by atoms with Crippen LogP contribution in [0, 0.1) is 11.3 Å². The average molecular weight is 223 g/mol. The summed E-state index contributed by atoms with van der Waals surface area (Å²) in [5, 5.41) is 0.729. The van der Waals surface area contributed by atoms with E-state index in [-0.39, 0.29) is 17.1 Å². The quantitative estimate of drug-likeness (QED) is 0.654. The van der Waals surface area contributed by atoms with Gasteiger partial charge in [-0.05, 0) is 23.5 Å². The molecule has 1 aromatic rings. The lowest BCUT2D eigenvalue weighted by Gasteiger charge is -2.25. The smallest absolute Gasteiger partial charge is 0.167 e. The Labute approximate surface area is 95.4 Å². The number of hydrogen-bond donors (Lipinski definition) is 0. The number of carbonyl (C=O) groups excluding carboxylic acids is 1. The summed E-state index contributed by atoms with van der Waals surface area (Å²) < 4.78 is 0. The molecule has 0 amide bonds. The molecule has 0 fully saturated rings. The molecule has 2 heteroatoms. The fourth-order valence-electron chi connectivity index (χ4n) is 2.18. The van der Waals surface area contributed by atoms with Gasteiger partial charge in [-0.15, -0.1) is 0 Å². The number of halogens is 1. The molecule has 1 aromatic carbocycles. The summed E-state index contributed by atoms with van der Waals surface area (Å²) in [5.41, 5.74) is 1.87. The van der Waals surface area contributed by atoms with Crippen LogP contribution in [-0.2, 0) is 6.42 Å². The Morgan fingerprint density at radius 3 is 2.53 bits per heavy atom. The van der Waals surface area contributed by atoms with Crippen LogP contribution >= 0.6 is 11.6 Å². The first-order valence-corrected chi connectivity index (χ1v) is 5.60. The van der Waals surface area contributed by atoms with Crippen molar-refractivity contribution in [3.63, 3.8) is 0 Å². The van der Waals surface area contributed by atoms with Gasteiger partial charge < -0.3 is 0 Å². The normalized spacial score (nSPS) is 20.5. The number of rotatable bonds is 0. The Balaban J connectivity index is 2.46. The first kappa shape index (κ1) is 10.7. The highest BCUT2D eigenvalue weighted by molar-refractivity contribution is 6.32. The fourth-order valence-corrected chi connectivity index (χ4v) is 2.43. The van der Waals surface area contributed by atoms with Crippen LogP contribution < -0.4 is 0 Å². The molecule has 1 aliphatic rings. The Kier molecular flexibility index (Phi) is 2.38. The predicted molar refractivity (Wildman–Crippen MR) is 62.4 cm³/mol. The van der Waals surface area contributed by atoms with E-state index < -0.39 is 0 Å². The summed E-state index contributed by atoms with van der Waals surface area (Å²) >= 11 is 6.10. The summed E-state index contributed by atoms with van der Waals surface area (Å²) in [6.07, 6.45) is 0.789. The van der Waals surface area contributed by atoms with Crippen molar-refractivity contribution >= 4 is 17.4 Å². The van der Waals surface area contributed by atoms with Crippen molar-refractivity contribution in [3.05, 3.63) is 34.3 Å². The summed E-state index contributed by atoms with van der Waals surface area (Å²) in [4.78, 5) is 12.1. The molecule has 0 aromatic heterocycles. The lowest BCUT2D eigenvalue weighted by molar-refractivity contribution is 0.0844. The second-order valence-electron chi connectivity index (χ2n) is 5.25. The third-order valence-corrected chi connectivity index (χ3v) is 3.51. The van der Waals surface area contributed by atoms with Crippen molar-refractivity contribution in [3.8, 4) is 0 Å². The molecule has 1 nitrogen and oxygen atoms in total. The highest BCUT2D eigenvalue weighted by atomic mass is 35.5. The SMILES string of the molecule is CC(C)(C)C1Cc2c(Cl)cccc2C1=O. The highest BCUT2D eigenvalue weighted by Gasteiger charge is 2.38. The molecule has 2 rings (SSSR count). The molecule has 1 atom stereocenters. The number of hydrogen-bond acceptors (Lipinski definition) is 1. The van der Waals surface area contributed by atoms with Gasteiger partial charge in [-0.25, -0.2) is 0 Å². The molecule has 0 heterocycles. The number of Topliss-reactive ketones (excluding diaryl/α,β-unsaturated/α-hetero) is 1. The molecular weight excluding hydrogens is 208 g/mol. The first-order valence-electron chi connectivity index (χ1n) is 5.23. The number of benzene rings is 1. The lowest BCUT2D eigenvalue weighted by Crippen LogP contribution is -2.25. The number of carbonyl (C=O) groups is 1. The van der Waals surface area contributed by atoms with E-state index in [0.717, 1.165) is 22.6 Å². The van der Waals surface area contributed by atoms with Crippen molar-refractivity contribution in [2.45, 2.75) is 27.2 Å². The lowest BCUT2D eigenvalue weighted by atomic mass is 9.78. The minimum atomic E-state index is 0.0133. The van der Waals surface area contributed by atoms with E-state index in [1.165, 1.54) is 0 Å². The second-order valence-corrected chi connectivity index (χ2v) is 5.66. The average Bonchev–Trinajstić information content (AvgIpc) is 2.45. The number of ketones is 1. The fraction of sp³-hybridized carbons (Fsp3) is 0.462. The van der Waals surface area contributed by atoms with Gasteiger partial charge >= 0.3 is 0 Å². The van der Waals surface area contributed by atoms with Gasteiger partial charge in [0.1, 0.15) is 0 Å². The van der Waals surface area contributed by atoms with E-state index in [2.05, 4.69) is 20.8 Å². The maximum Gasteiger partial charge on any atom is 0.167 e. The maximum absolute atomic E-state index is 12.1. The van der Waals surface area contributed by atoms with Crippen LogP contribution in [0.25, 0.3) is 0 Å². The molecule has 0 spiro atoms. The Hall–Kier alpha value is -0.820. The van der Waals surface area contributed by atoms with Gasteiger partial charge in [0.15, 0.2) is 5.78 Å². The molecule has 0 aliphatic heterocycles. The van der Waals surface area contributed by atoms with Crippen LogP contribution in [0.1, 0.15) is 36.7 Å². The molecular formula is C13H15ClO. The van der Waals surface area contributed by atoms with Crippen LogP contribution in [0.2, 0.25) is 5.02 Å². The van der Waals surface area contributed by atoms with E-state index in [1.807, 2.05) is 18.2 Å². The zero-order valence-corrected chi connectivity index (χ0v) is 10.1. The minimum Gasteiger partial charge on any atom is -0.294 e. The van der Waals surface area contributed by atoms with Gasteiger partial charge in [0.05, 0.1) is 0 Å². The topological polar surface area (TPSA) is 17.1 Å². The van der Waals surface area contributed by atoms with E-state index in [4.69, 9.17) is 11.6 Å². The van der Waals surface area contributed by atoms with Crippen molar-refractivity contribution in [1.29, 1.82) is 0 Å². The summed E-state index contributed by atoms with van der Waals surface area (Å²) in [6, 6.07) is 5.60. The first-order chi connectivity index (χ1) is 6.91. The zero-order chi connectivity index (χ0) is 11.2. The molecule has 0 bridgehead atoms. The van der Waals surface area contributed by atoms with Crippen molar-refractivity contribution in [2.75, 3.05) is 0 Å². The van der Waals surface area contributed by atoms with Crippen molar-refractivity contribution in [2.24, 2.45) is 11.3 Å². The van der Waals surface area contributed by atoms with E-state index in [9.17, 15) is 4.79 Å². The molecule has 15 heavy (non-hydrogen) atoms. The maximum atomic E-state index is 12.1. The Morgan fingerprint density at radius 1 is 1.33 bits per heavy atom. The van der Waals surface area contributed by atoms with Crippen LogP contribution in [0.4, 0.5) is 0 Å². The van der Waals surface area contributed by atoms with Gasteiger partial charge in [-0.3, -0.25) is 4.79 Å². The zero-order valence-electron chi connectivity index (χ0n) is 9.30. The summed E-state index contributed by atoms with van der Waals surface area (Å²) in [7, 11) is 0. The Morgan fingerprint density at radius 2 is 2.00 bits per heavy atom. The molecule has 0 radical (unpaired) electrons. The van der Waals surface area contributed by atoms with Gasteiger partial charge in [0, 0.05) is 16.5 Å². The Bertz CT molecular complexity index is 415. The van der Waals surface area contributed by atoms with Gasteiger partial charge in [0.25, 0.3) is 0 Å². The van der Waals surface area contributed by atoms with Crippen molar-refractivity contribution < 1.29 is 4.79 Å². The molecule has 1 unspecified atom stereocenters. The third-order valence-electron chi connectivity index (χ3n) is 3.15. The van der Waals surface area contributed by atoms with Crippen LogP contribution in [0.3, 0.4) is 0 Å². The molecule has 1 aliphatic carbocycles. The van der Waals surface area contributed by atoms with Crippen LogP contribution in [0.5, 0.6) is 0 Å². The van der Waals surface area contributed by atoms with E-state index in [0.29, 0.717) is 0 Å². The molecule has 80 valence electrons. The van der Waals surface area contributed by atoms with Crippen LogP contribution in [-0.4, -0.2) is 5.78 Å². The molecule has 0 saturated carbocycles. The number of fused-ring (bicyclic) bond motifs is 1. The van der Waals surface area contributed by atoms with E-state index in [1.54, 1.807) is 0 Å². The predicted octanol–water partition coefficient (Wildman–Crippen LogP) is 3.74. The van der Waals surface area contributed by atoms with Crippen LogP contribution in [0.15, 0.2) is 18.2 Å². The summed E-state index contributed by atoms with van der Waals surface area (Å²) in [6.45, 7) is 6.32. The monoisotopic (exact) mass is 222 g/mol. The van der Waals surface area contributed by atoms with Gasteiger partial charge in [0.2, 0.25) is 0 Å². The van der Waals surface area contributed by atoms with Gasteiger partial charge in [-0.1, -0.05) is 44.5 Å². The second kappa shape index (κ2) is 3.34. The minimum absolute atomic E-state index is 0.0133. The largest absolute Gasteiger partial charge is 0.294 e. The highest BCUT2D eigenvalue weighted by Crippen LogP contribution is 2.40. The van der Waals surface area contributed by atoms with E-state index >= 15 is 0 Å². The molecule has 0 N–H and O–H groups in total. The molecule has 0 saturated heterocycles. The summed E-state index contributed by atoms with van der Waals surface area (Å²) in [5.74, 6) is 0.326. The van der Waals surface area contributed by atoms with Crippen molar-refractivity contribution in [1.82, 2.24) is 0 Å².